The molecular weight excluding hydrogens is 949 g/mol. The van der Waals surface area contributed by atoms with Gasteiger partial charge in [0.15, 0.2) is 10.9 Å². The third-order valence-corrected chi connectivity index (χ3v) is 11.1. The van der Waals surface area contributed by atoms with Crippen molar-refractivity contribution in [3.05, 3.63) is 113 Å². The molecule has 3 heterocycles. The number of thiazole rings is 1. The van der Waals surface area contributed by atoms with E-state index in [0.717, 1.165) is 80.8 Å². The fourth-order valence-electron chi connectivity index (χ4n) is 6.21. The molecule has 0 radical (unpaired) electrons. The molecule has 0 saturated carbocycles. The van der Waals surface area contributed by atoms with Crippen molar-refractivity contribution in [3.63, 3.8) is 0 Å². The van der Waals surface area contributed by atoms with Gasteiger partial charge in [-0.15, -0.1) is 0 Å². The summed E-state index contributed by atoms with van der Waals surface area (Å²) in [4.78, 5) is 41.8. The quantitative estimate of drug-likeness (QED) is 0.0383. The van der Waals surface area contributed by atoms with Crippen LogP contribution in [0.5, 0.6) is 11.5 Å². The molecule has 0 spiro atoms. The lowest BCUT2D eigenvalue weighted by molar-refractivity contribution is -0.0505. The van der Waals surface area contributed by atoms with E-state index in [1.807, 2.05) is 36.4 Å². The van der Waals surface area contributed by atoms with Crippen molar-refractivity contribution in [1.82, 2.24) is 14.8 Å². The molecular formula is C46H57BrF4N8O4S2. The van der Waals surface area contributed by atoms with E-state index < -0.39 is 19.0 Å². The second kappa shape index (κ2) is 27.8. The number of likely N-dealkylation sites (N-methyl/N-ethyl adjacent to an activating group) is 2. The van der Waals surface area contributed by atoms with Crippen LogP contribution in [0.25, 0.3) is 0 Å². The maximum Gasteiger partial charge on any atom is 0.387 e. The molecule has 4 aromatic carbocycles. The Labute approximate surface area is 397 Å². The van der Waals surface area contributed by atoms with Crippen LogP contribution < -0.4 is 30.3 Å². The molecule has 0 atom stereocenters. The third kappa shape index (κ3) is 17.5. The van der Waals surface area contributed by atoms with Gasteiger partial charge in [-0.3, -0.25) is 9.59 Å². The summed E-state index contributed by atoms with van der Waals surface area (Å²) in [6.45, 7) is 2.64. The smallest absolute Gasteiger partial charge is 0.387 e. The summed E-state index contributed by atoms with van der Waals surface area (Å²) in [6.07, 6.45) is 0. The topological polar surface area (TPSA) is 129 Å². The van der Waals surface area contributed by atoms with Gasteiger partial charge in [0.05, 0.1) is 16.2 Å². The number of aromatic nitrogens is 1. The number of anilines is 5. The highest BCUT2D eigenvalue weighted by Gasteiger charge is 2.20. The van der Waals surface area contributed by atoms with Crippen LogP contribution >= 0.6 is 39.5 Å². The molecule has 19 heteroatoms. The lowest BCUT2D eigenvalue weighted by atomic mass is 10.1. The van der Waals surface area contributed by atoms with E-state index in [0.29, 0.717) is 10.7 Å². The van der Waals surface area contributed by atoms with Crippen LogP contribution in [0.3, 0.4) is 0 Å². The molecule has 0 bridgehead atoms. The van der Waals surface area contributed by atoms with Gasteiger partial charge in [0.1, 0.15) is 22.2 Å². The van der Waals surface area contributed by atoms with Crippen LogP contribution in [0.1, 0.15) is 47.9 Å². The highest BCUT2D eigenvalue weighted by molar-refractivity contribution is 9.09. The molecule has 2 aliphatic heterocycles. The fourth-order valence-corrected chi connectivity index (χ4v) is 7.51. The number of nitrogen functional groups attached to an aromatic ring is 1. The summed E-state index contributed by atoms with van der Waals surface area (Å²) in [5.74, 6) is -0.598. The minimum atomic E-state index is -2.97. The first-order valence-corrected chi connectivity index (χ1v) is 21.6. The van der Waals surface area contributed by atoms with Crippen molar-refractivity contribution in [1.29, 1.82) is 0 Å². The number of hydrogen-bond acceptors (Lipinski definition) is 14. The number of Topliss-reactive ketones (excluding diaryl/α,β-unsaturated/α-hetero) is 1. The number of isothiocyanates is 1. The molecule has 0 unspecified atom stereocenters. The summed E-state index contributed by atoms with van der Waals surface area (Å²) in [5.41, 5.74) is 10.6. The van der Waals surface area contributed by atoms with Gasteiger partial charge in [0.25, 0.3) is 0 Å². The van der Waals surface area contributed by atoms with Crippen molar-refractivity contribution in [2.75, 3.05) is 92.6 Å². The number of carbonyl (C=O) groups is 2. The maximum absolute atomic E-state index is 12.8. The van der Waals surface area contributed by atoms with Crippen molar-refractivity contribution >= 4 is 89.9 Å². The van der Waals surface area contributed by atoms with E-state index in [1.54, 1.807) is 6.07 Å². The van der Waals surface area contributed by atoms with Gasteiger partial charge in [-0.05, 0) is 99.1 Å². The zero-order chi connectivity index (χ0) is 44.6. The normalized spacial score (nSPS) is 13.6. The highest BCUT2D eigenvalue weighted by Crippen LogP contribution is 2.31. The SMILES string of the molecule is C.C.C.CN1CCN(c2ccc(N=C=S)cc2)CC1.CN1CCN(c2ccc(Nc3nc(N)c(C(=O)c4cccc(OC(F)F)c4)s3)cc2)CC1.O=C(CBr)c1cccc(OC(F)F)c1. The zero-order valence-electron chi connectivity index (χ0n) is 33.9. The second-order valence-corrected chi connectivity index (χ2v) is 15.6. The van der Waals surface area contributed by atoms with Crippen LogP contribution in [-0.4, -0.2) is 117 Å². The van der Waals surface area contributed by atoms with Gasteiger partial charge < -0.3 is 40.1 Å². The molecule has 12 nitrogen and oxygen atoms in total. The predicted molar refractivity (Wildman–Crippen MR) is 265 cm³/mol. The molecule has 2 saturated heterocycles. The average molecular weight is 1010 g/mol. The number of halogens is 5. The zero-order valence-corrected chi connectivity index (χ0v) is 37.1. The first kappa shape index (κ1) is 55.7. The van der Waals surface area contributed by atoms with E-state index >= 15 is 0 Å². The Bertz CT molecular complexity index is 2270. The Kier molecular flexibility index (Phi) is 23.8. The van der Waals surface area contributed by atoms with Gasteiger partial charge in [-0.2, -0.15) is 22.6 Å². The van der Waals surface area contributed by atoms with Gasteiger partial charge in [-0.1, -0.05) is 73.8 Å². The largest absolute Gasteiger partial charge is 0.435 e. The minimum Gasteiger partial charge on any atom is -0.435 e. The van der Waals surface area contributed by atoms with E-state index in [1.165, 1.54) is 48.2 Å². The number of rotatable bonds is 13. The van der Waals surface area contributed by atoms with Gasteiger partial charge >= 0.3 is 13.2 Å². The minimum absolute atomic E-state index is 0. The molecule has 2 aliphatic rings. The summed E-state index contributed by atoms with van der Waals surface area (Å²) in [6, 6.07) is 27.5. The Hall–Kier alpha value is -5.43. The first-order chi connectivity index (χ1) is 29.8. The number of nitrogens with two attached hydrogens (primary N) is 1. The van der Waals surface area contributed by atoms with Gasteiger partial charge in [0.2, 0.25) is 5.78 Å². The van der Waals surface area contributed by atoms with Crippen molar-refractivity contribution < 1.29 is 36.6 Å². The third-order valence-electron chi connectivity index (χ3n) is 9.56. The predicted octanol–water partition coefficient (Wildman–Crippen LogP) is 11.0. The number of nitrogens with zero attached hydrogens (tertiary/aromatic N) is 6. The van der Waals surface area contributed by atoms with Gasteiger partial charge in [0, 0.05) is 80.5 Å². The molecule has 5 aromatic rings. The van der Waals surface area contributed by atoms with Crippen molar-refractivity contribution in [3.8, 4) is 11.5 Å². The number of benzene rings is 4. The summed E-state index contributed by atoms with van der Waals surface area (Å²) in [7, 11) is 4.28. The number of thiocarbonyl (C=S) groups is 1. The summed E-state index contributed by atoms with van der Waals surface area (Å²) >= 11 is 8.67. The summed E-state index contributed by atoms with van der Waals surface area (Å²) < 4.78 is 57.1. The lowest BCUT2D eigenvalue weighted by Gasteiger charge is -2.34. The molecule has 3 N–H and O–H groups in total. The van der Waals surface area contributed by atoms with Gasteiger partial charge in [-0.25, -0.2) is 4.98 Å². The Balaban J connectivity index is 0.000000370. The molecule has 352 valence electrons. The Morgan fingerprint density at radius 1 is 0.769 bits per heavy atom. The molecule has 0 amide bonds. The number of ketones is 2. The van der Waals surface area contributed by atoms with Crippen LogP contribution in [0.2, 0.25) is 0 Å². The highest BCUT2D eigenvalue weighted by atomic mass is 79.9. The van der Waals surface area contributed by atoms with E-state index in [2.05, 4.69) is 104 Å². The molecule has 1 aromatic heterocycles. The standard InChI is InChI=1S/C22H23F2N5O2S.C12H15N3S.C9H7BrF2O2.3CH4/c1-28-9-11-29(12-10-28)16-7-5-15(6-8-16)26-22-27-20(25)19(32-22)18(30)14-3-2-4-17(13-14)31-21(23)24;1-14-6-8-15(9-7-14)12-4-2-11(3-5-12)13-10-16;10-5-8(13)6-2-1-3-7(4-6)14-9(11)12;;;/h2-8,13,21H,9-12,25H2,1H3,(H,26,27);2-5H,6-9H2,1H3;1-4,9H,5H2;3*1H4. The number of ether oxygens (including phenoxy) is 2. The summed E-state index contributed by atoms with van der Waals surface area (Å²) in [5, 5.41) is 6.18. The molecule has 2 fully saturated rings. The number of nitrogens with one attached hydrogen (secondary N) is 1. The molecule has 7 rings (SSSR count). The monoisotopic (exact) mass is 1000 g/mol. The number of aliphatic imine (C=N–C) groups is 1. The Morgan fingerprint density at radius 2 is 1.23 bits per heavy atom. The molecule has 65 heavy (non-hydrogen) atoms. The lowest BCUT2D eigenvalue weighted by Crippen LogP contribution is -2.44. The number of carbonyl (C=O) groups excluding carboxylic acids is 2. The number of hydrogen-bond donors (Lipinski definition) is 2. The molecule has 0 aliphatic carbocycles. The van der Waals surface area contributed by atoms with Crippen molar-refractivity contribution in [2.45, 2.75) is 35.5 Å². The number of piperazine rings is 2. The van der Waals surface area contributed by atoms with Crippen LogP contribution in [0, 0.1) is 0 Å². The van der Waals surface area contributed by atoms with Crippen molar-refractivity contribution in [2.24, 2.45) is 4.99 Å². The maximum atomic E-state index is 12.8. The van der Waals surface area contributed by atoms with Crippen LogP contribution in [0.4, 0.5) is 51.3 Å². The van der Waals surface area contributed by atoms with E-state index in [4.69, 9.17) is 5.73 Å². The average Bonchev–Trinajstić information content (AvgIpc) is 3.63. The second-order valence-electron chi connectivity index (χ2n) is 13.9. The van der Waals surface area contributed by atoms with Crippen LogP contribution in [0.15, 0.2) is 102 Å². The number of alkyl halides is 5. The van der Waals surface area contributed by atoms with E-state index in [9.17, 15) is 27.2 Å². The first-order valence-electron chi connectivity index (χ1n) is 19.2. The fraction of sp³-hybridized carbons (Fsp3) is 0.348. The van der Waals surface area contributed by atoms with Crippen LogP contribution in [-0.2, 0) is 0 Å². The Morgan fingerprint density at radius 3 is 1.69 bits per heavy atom. The van der Waals surface area contributed by atoms with E-state index in [-0.39, 0.29) is 61.2 Å².